The van der Waals surface area contributed by atoms with Crippen molar-refractivity contribution in [3.8, 4) is 0 Å². The van der Waals surface area contributed by atoms with Gasteiger partial charge >= 0.3 is 0 Å². The lowest BCUT2D eigenvalue weighted by atomic mass is 9.92. The van der Waals surface area contributed by atoms with Crippen molar-refractivity contribution in [3.05, 3.63) is 114 Å². The minimum Gasteiger partial charge on any atom is -0.0985 e. The van der Waals surface area contributed by atoms with Crippen molar-refractivity contribution in [2.24, 2.45) is 0 Å². The second kappa shape index (κ2) is 12.6. The van der Waals surface area contributed by atoms with Gasteiger partial charge in [-0.05, 0) is 78.7 Å². The highest BCUT2D eigenvalue weighted by Crippen LogP contribution is 2.29. The first kappa shape index (κ1) is 24.2. The third-order valence-electron chi connectivity index (χ3n) is 4.97. The van der Waals surface area contributed by atoms with Crippen LogP contribution in [-0.2, 0) is 0 Å². The summed E-state index contributed by atoms with van der Waals surface area (Å²) in [5, 5.41) is 0. The van der Waals surface area contributed by atoms with Crippen molar-refractivity contribution >= 4 is 17.2 Å². The molecular formula is C29H36. The number of allylic oxidation sites excluding steroid dienone is 12. The average molecular weight is 385 g/mol. The Kier molecular flexibility index (Phi) is 10.5. The molecule has 0 atom stereocenters. The van der Waals surface area contributed by atoms with E-state index in [-0.39, 0.29) is 0 Å². The van der Waals surface area contributed by atoms with Crippen LogP contribution < -0.4 is 0 Å². The second-order valence-electron chi connectivity index (χ2n) is 7.03. The molecule has 1 rings (SSSR count). The predicted octanol–water partition coefficient (Wildman–Crippen LogP) is 9.13. The van der Waals surface area contributed by atoms with Crippen molar-refractivity contribution < 1.29 is 0 Å². The first-order valence-corrected chi connectivity index (χ1v) is 10.4. The molecule has 0 fully saturated rings. The van der Waals surface area contributed by atoms with E-state index >= 15 is 0 Å². The maximum atomic E-state index is 4.31. The molecule has 0 radical (unpaired) electrons. The summed E-state index contributed by atoms with van der Waals surface area (Å²) in [7, 11) is 0. The molecule has 0 unspecified atom stereocenters. The van der Waals surface area contributed by atoms with Gasteiger partial charge in [0.15, 0.2) is 0 Å². The van der Waals surface area contributed by atoms with Gasteiger partial charge in [-0.2, -0.15) is 0 Å². The van der Waals surface area contributed by atoms with Crippen molar-refractivity contribution in [3.63, 3.8) is 0 Å². The Morgan fingerprint density at radius 2 is 1.76 bits per heavy atom. The Bertz CT molecular complexity index is 892. The molecule has 0 heterocycles. The van der Waals surface area contributed by atoms with Crippen LogP contribution in [0.5, 0.6) is 0 Å². The van der Waals surface area contributed by atoms with Gasteiger partial charge in [-0.15, -0.1) is 0 Å². The molecule has 1 aromatic rings. The highest BCUT2D eigenvalue weighted by molar-refractivity contribution is 5.81. The molecule has 0 N–H and O–H groups in total. The molecule has 0 aliphatic heterocycles. The average Bonchev–Trinajstić information content (AvgIpc) is 2.74. The van der Waals surface area contributed by atoms with Crippen LogP contribution in [0, 0.1) is 0 Å². The van der Waals surface area contributed by atoms with Crippen LogP contribution in [0.1, 0.15) is 64.2 Å². The molecule has 1 aromatic carbocycles. The zero-order valence-corrected chi connectivity index (χ0v) is 18.9. The number of hydrogen-bond acceptors (Lipinski definition) is 0. The quantitative estimate of drug-likeness (QED) is 0.353. The van der Waals surface area contributed by atoms with E-state index in [1.54, 1.807) is 0 Å². The third-order valence-corrected chi connectivity index (χ3v) is 4.97. The summed E-state index contributed by atoms with van der Waals surface area (Å²) in [4.78, 5) is 0. The van der Waals surface area contributed by atoms with Crippen LogP contribution in [0.3, 0.4) is 0 Å². The van der Waals surface area contributed by atoms with Crippen molar-refractivity contribution in [2.75, 3.05) is 0 Å². The van der Waals surface area contributed by atoms with Gasteiger partial charge in [-0.25, -0.2) is 0 Å². The van der Waals surface area contributed by atoms with Crippen LogP contribution >= 0.6 is 0 Å². The molecule has 0 aliphatic rings. The molecule has 0 aliphatic carbocycles. The fourth-order valence-corrected chi connectivity index (χ4v) is 2.92. The normalized spacial score (nSPS) is 13.3. The lowest BCUT2D eigenvalue weighted by Gasteiger charge is -2.13. The molecular weight excluding hydrogens is 348 g/mol. The van der Waals surface area contributed by atoms with E-state index in [4.69, 9.17) is 0 Å². The van der Waals surface area contributed by atoms with Gasteiger partial charge in [-0.1, -0.05) is 99.9 Å². The van der Waals surface area contributed by atoms with Gasteiger partial charge < -0.3 is 0 Å². The van der Waals surface area contributed by atoms with E-state index in [0.29, 0.717) is 0 Å². The zero-order valence-electron chi connectivity index (χ0n) is 18.9. The largest absolute Gasteiger partial charge is 0.0985 e. The van der Waals surface area contributed by atoms with Crippen LogP contribution in [0.25, 0.3) is 17.2 Å². The predicted molar refractivity (Wildman–Crippen MR) is 135 cm³/mol. The first-order valence-electron chi connectivity index (χ1n) is 10.4. The van der Waals surface area contributed by atoms with Gasteiger partial charge in [0, 0.05) is 0 Å². The van der Waals surface area contributed by atoms with Gasteiger partial charge in [0.1, 0.15) is 0 Å². The maximum absolute atomic E-state index is 4.31. The zero-order chi connectivity index (χ0) is 21.8. The number of hydrogen-bond donors (Lipinski definition) is 0. The highest BCUT2D eigenvalue weighted by Gasteiger charge is 2.08. The molecule has 152 valence electrons. The summed E-state index contributed by atoms with van der Waals surface area (Å²) in [5.74, 6) is 0. The Morgan fingerprint density at radius 3 is 2.31 bits per heavy atom. The SMILES string of the molecule is C=CC(=CC=CC)C(C)=Cc1ccc(C(C=CC(=C)CC)=CC)cc1C(=C)CC. The highest BCUT2D eigenvalue weighted by atomic mass is 14.1. The fourth-order valence-electron chi connectivity index (χ4n) is 2.92. The monoisotopic (exact) mass is 384 g/mol. The minimum atomic E-state index is 0.916. The van der Waals surface area contributed by atoms with E-state index in [2.05, 4.69) is 96.0 Å². The van der Waals surface area contributed by atoms with E-state index < -0.39 is 0 Å². The van der Waals surface area contributed by atoms with Crippen LogP contribution in [0.15, 0.2) is 97.2 Å². The lowest BCUT2D eigenvalue weighted by Crippen LogP contribution is -1.92. The van der Waals surface area contributed by atoms with Crippen molar-refractivity contribution in [1.29, 1.82) is 0 Å². The maximum Gasteiger partial charge on any atom is -0.0152 e. The van der Waals surface area contributed by atoms with E-state index in [0.717, 1.165) is 29.6 Å². The summed E-state index contributed by atoms with van der Waals surface area (Å²) >= 11 is 0. The van der Waals surface area contributed by atoms with Crippen molar-refractivity contribution in [2.45, 2.75) is 47.5 Å². The molecule has 0 aromatic heterocycles. The van der Waals surface area contributed by atoms with Crippen LogP contribution in [0.4, 0.5) is 0 Å². The Hall–Kier alpha value is -2.86. The van der Waals surface area contributed by atoms with E-state index in [1.165, 1.54) is 27.8 Å². The summed E-state index contributed by atoms with van der Waals surface area (Å²) < 4.78 is 0. The minimum absolute atomic E-state index is 0.916. The molecule has 29 heavy (non-hydrogen) atoms. The second-order valence-corrected chi connectivity index (χ2v) is 7.03. The molecule has 0 spiro atoms. The van der Waals surface area contributed by atoms with E-state index in [9.17, 15) is 0 Å². The van der Waals surface area contributed by atoms with Gasteiger partial charge in [-0.3, -0.25) is 0 Å². The molecule has 0 heteroatoms. The Labute approximate surface area is 178 Å². The number of benzene rings is 1. The Balaban J connectivity index is 3.47. The van der Waals surface area contributed by atoms with Gasteiger partial charge in [0.2, 0.25) is 0 Å². The molecule has 0 amide bonds. The summed E-state index contributed by atoms with van der Waals surface area (Å²) in [6.07, 6.45) is 18.5. The van der Waals surface area contributed by atoms with Gasteiger partial charge in [0.05, 0.1) is 0 Å². The first-order chi connectivity index (χ1) is 13.9. The smallest absolute Gasteiger partial charge is 0.0152 e. The van der Waals surface area contributed by atoms with Gasteiger partial charge in [0.25, 0.3) is 0 Å². The molecule has 0 saturated carbocycles. The van der Waals surface area contributed by atoms with Crippen molar-refractivity contribution in [1.82, 2.24) is 0 Å². The number of rotatable bonds is 10. The van der Waals surface area contributed by atoms with Crippen LogP contribution in [0.2, 0.25) is 0 Å². The van der Waals surface area contributed by atoms with Crippen LogP contribution in [-0.4, -0.2) is 0 Å². The third kappa shape index (κ3) is 7.23. The summed E-state index contributed by atoms with van der Waals surface area (Å²) in [6, 6.07) is 6.63. The standard InChI is InChI=1S/C29H36/c1-9-14-15-25(12-4)24(8)20-28-19-18-27(21-29(28)23(7)11-3)26(13-5)17-16-22(6)10-2/h9,12-21H,4,6-7,10-11H2,1-3,5,8H3. The summed E-state index contributed by atoms with van der Waals surface area (Å²) in [5.41, 5.74) is 9.34. The molecule has 0 saturated heterocycles. The fraction of sp³-hybridized carbons (Fsp3) is 0.241. The molecule has 0 bridgehead atoms. The summed E-state index contributed by atoms with van der Waals surface area (Å²) in [6.45, 7) is 22.8. The molecule has 0 nitrogen and oxygen atoms in total. The van der Waals surface area contributed by atoms with E-state index in [1.807, 2.05) is 25.2 Å². The topological polar surface area (TPSA) is 0 Å². The Morgan fingerprint density at radius 1 is 1.03 bits per heavy atom. The lowest BCUT2D eigenvalue weighted by molar-refractivity contribution is 1.16.